The molecule has 0 aromatic heterocycles. The van der Waals surface area contributed by atoms with Crippen LogP contribution in [0.4, 0.5) is 4.39 Å². The molecule has 0 aliphatic heterocycles. The molecular formula is C7H11FO3. The number of alkyl halides is 1. The van der Waals surface area contributed by atoms with Gasteiger partial charge in [-0.15, -0.1) is 0 Å². The third kappa shape index (κ3) is 1.35. The zero-order valence-electron chi connectivity index (χ0n) is 6.34. The molecule has 0 aromatic carbocycles. The molecule has 0 bridgehead atoms. The molecule has 11 heavy (non-hydrogen) atoms. The van der Waals surface area contributed by atoms with E-state index in [9.17, 15) is 9.18 Å². The van der Waals surface area contributed by atoms with E-state index in [4.69, 9.17) is 5.11 Å². The van der Waals surface area contributed by atoms with Crippen LogP contribution in [-0.4, -0.2) is 30.0 Å². The van der Waals surface area contributed by atoms with Crippen LogP contribution in [0.2, 0.25) is 0 Å². The van der Waals surface area contributed by atoms with Gasteiger partial charge in [0.25, 0.3) is 0 Å². The van der Waals surface area contributed by atoms with Crippen LogP contribution in [0.3, 0.4) is 0 Å². The van der Waals surface area contributed by atoms with Gasteiger partial charge in [0.2, 0.25) is 5.67 Å². The lowest BCUT2D eigenvalue weighted by Gasteiger charge is -2.04. The molecule has 64 valence electrons. The van der Waals surface area contributed by atoms with Crippen molar-refractivity contribution >= 4 is 5.97 Å². The average Bonchev–Trinajstić information content (AvgIpc) is 2.64. The van der Waals surface area contributed by atoms with Gasteiger partial charge >= 0.3 is 5.97 Å². The van der Waals surface area contributed by atoms with E-state index in [2.05, 4.69) is 4.74 Å². The fourth-order valence-electron chi connectivity index (χ4n) is 1.01. The first-order valence-corrected chi connectivity index (χ1v) is 3.62. The van der Waals surface area contributed by atoms with Crippen LogP contribution in [0, 0.1) is 5.92 Å². The Balaban J connectivity index is 2.42. The first kappa shape index (κ1) is 8.46. The van der Waals surface area contributed by atoms with Crippen LogP contribution in [0.15, 0.2) is 0 Å². The first-order valence-electron chi connectivity index (χ1n) is 3.62. The van der Waals surface area contributed by atoms with E-state index < -0.39 is 17.6 Å². The van der Waals surface area contributed by atoms with Crippen molar-refractivity contribution in [3.63, 3.8) is 0 Å². The second kappa shape index (κ2) is 2.77. The number of esters is 1. The van der Waals surface area contributed by atoms with E-state index >= 15 is 0 Å². The Morgan fingerprint density at radius 2 is 2.55 bits per heavy atom. The largest absolute Gasteiger partial charge is 0.464 e. The molecule has 0 aromatic rings. The highest BCUT2D eigenvalue weighted by molar-refractivity contribution is 5.83. The Labute approximate surface area is 64.2 Å². The van der Waals surface area contributed by atoms with E-state index in [-0.39, 0.29) is 19.6 Å². The number of rotatable bonds is 3. The third-order valence-corrected chi connectivity index (χ3v) is 1.87. The van der Waals surface area contributed by atoms with Crippen molar-refractivity contribution in [1.29, 1.82) is 0 Å². The quantitative estimate of drug-likeness (QED) is 0.606. The molecule has 2 unspecified atom stereocenters. The zero-order chi connectivity index (χ0) is 8.48. The van der Waals surface area contributed by atoms with Gasteiger partial charge in [0.1, 0.15) is 0 Å². The van der Waals surface area contributed by atoms with Gasteiger partial charge in [0.05, 0.1) is 6.61 Å². The smallest absolute Gasteiger partial charge is 0.344 e. The van der Waals surface area contributed by atoms with E-state index in [1.807, 2.05) is 0 Å². The molecule has 0 saturated heterocycles. The number of ether oxygens (including phenoxy) is 1. The van der Waals surface area contributed by atoms with Crippen LogP contribution in [0.25, 0.3) is 0 Å². The molecule has 1 rings (SSSR count). The summed E-state index contributed by atoms with van der Waals surface area (Å²) in [5.74, 6) is -1.37. The van der Waals surface area contributed by atoms with Gasteiger partial charge in [-0.1, -0.05) is 0 Å². The monoisotopic (exact) mass is 162 g/mol. The lowest BCUT2D eigenvalue weighted by molar-refractivity contribution is -0.151. The molecule has 0 radical (unpaired) electrons. The van der Waals surface area contributed by atoms with Gasteiger partial charge in [0.15, 0.2) is 0 Å². The number of hydrogen-bond acceptors (Lipinski definition) is 3. The Kier molecular flexibility index (Phi) is 2.13. The van der Waals surface area contributed by atoms with Crippen LogP contribution < -0.4 is 0 Å². The van der Waals surface area contributed by atoms with Crippen molar-refractivity contribution in [1.82, 2.24) is 0 Å². The fourth-order valence-corrected chi connectivity index (χ4v) is 1.01. The van der Waals surface area contributed by atoms with Gasteiger partial charge in [-0.05, 0) is 6.92 Å². The SMILES string of the molecule is CCOC(=O)C1(F)CC1CO. The maximum atomic E-state index is 13.1. The summed E-state index contributed by atoms with van der Waals surface area (Å²) in [5.41, 5.74) is -1.88. The van der Waals surface area contributed by atoms with Crippen molar-refractivity contribution in [3.05, 3.63) is 0 Å². The van der Waals surface area contributed by atoms with E-state index in [0.717, 1.165) is 0 Å². The highest BCUT2D eigenvalue weighted by atomic mass is 19.1. The molecule has 2 atom stereocenters. The van der Waals surface area contributed by atoms with Crippen LogP contribution in [-0.2, 0) is 9.53 Å². The Bertz CT molecular complexity index is 171. The van der Waals surface area contributed by atoms with Gasteiger partial charge in [0, 0.05) is 18.9 Å². The van der Waals surface area contributed by atoms with Crippen molar-refractivity contribution in [2.75, 3.05) is 13.2 Å². The molecule has 1 fully saturated rings. The second-order valence-electron chi connectivity index (χ2n) is 2.67. The topological polar surface area (TPSA) is 46.5 Å². The second-order valence-corrected chi connectivity index (χ2v) is 2.67. The Morgan fingerprint density at radius 3 is 2.91 bits per heavy atom. The normalized spacial score (nSPS) is 35.0. The predicted molar refractivity (Wildman–Crippen MR) is 35.7 cm³/mol. The standard InChI is InChI=1S/C7H11FO3/c1-2-11-6(10)7(8)3-5(7)4-9/h5,9H,2-4H2,1H3. The lowest BCUT2D eigenvalue weighted by atomic mass is 10.3. The maximum absolute atomic E-state index is 13.1. The zero-order valence-corrected chi connectivity index (χ0v) is 6.34. The summed E-state index contributed by atoms with van der Waals surface area (Å²) >= 11 is 0. The molecule has 1 N–H and O–H groups in total. The molecule has 1 aliphatic carbocycles. The number of aliphatic hydroxyl groups excluding tert-OH is 1. The van der Waals surface area contributed by atoms with E-state index in [1.165, 1.54) is 0 Å². The number of carbonyl (C=O) groups is 1. The molecular weight excluding hydrogens is 151 g/mol. The molecule has 4 heteroatoms. The van der Waals surface area contributed by atoms with Gasteiger partial charge in [-0.2, -0.15) is 0 Å². The highest BCUT2D eigenvalue weighted by Crippen LogP contribution is 2.47. The predicted octanol–water partition coefficient (Wildman–Crippen LogP) is 0.270. The number of hydrogen-bond donors (Lipinski definition) is 1. The number of halogens is 1. The summed E-state index contributed by atoms with van der Waals surface area (Å²) in [6, 6.07) is 0. The number of carbonyl (C=O) groups excluding carboxylic acids is 1. The Morgan fingerprint density at radius 1 is 1.91 bits per heavy atom. The molecule has 0 spiro atoms. The molecule has 1 saturated carbocycles. The van der Waals surface area contributed by atoms with Crippen molar-refractivity contribution in [2.45, 2.75) is 19.0 Å². The van der Waals surface area contributed by atoms with Crippen molar-refractivity contribution < 1.29 is 19.0 Å². The van der Waals surface area contributed by atoms with Gasteiger partial charge in [-0.25, -0.2) is 9.18 Å². The minimum atomic E-state index is -1.88. The van der Waals surface area contributed by atoms with E-state index in [0.29, 0.717) is 0 Å². The summed E-state index contributed by atoms with van der Waals surface area (Å²) in [6.07, 6.45) is 0.0995. The van der Waals surface area contributed by atoms with Crippen LogP contribution in [0.1, 0.15) is 13.3 Å². The molecule has 3 nitrogen and oxygen atoms in total. The molecule has 0 amide bonds. The summed E-state index contributed by atoms with van der Waals surface area (Å²) < 4.78 is 17.6. The molecule has 1 aliphatic rings. The van der Waals surface area contributed by atoms with Crippen LogP contribution in [0.5, 0.6) is 0 Å². The maximum Gasteiger partial charge on any atom is 0.344 e. The average molecular weight is 162 g/mol. The van der Waals surface area contributed by atoms with Gasteiger partial charge in [-0.3, -0.25) is 0 Å². The summed E-state index contributed by atoms with van der Waals surface area (Å²) in [7, 11) is 0. The van der Waals surface area contributed by atoms with Gasteiger partial charge < -0.3 is 9.84 Å². The Hall–Kier alpha value is -0.640. The number of aliphatic hydroxyl groups is 1. The third-order valence-electron chi connectivity index (χ3n) is 1.87. The summed E-state index contributed by atoms with van der Waals surface area (Å²) in [4.78, 5) is 10.8. The summed E-state index contributed by atoms with van der Waals surface area (Å²) in [6.45, 7) is 1.52. The highest BCUT2D eigenvalue weighted by Gasteiger charge is 2.62. The van der Waals surface area contributed by atoms with E-state index in [1.54, 1.807) is 6.92 Å². The molecule has 0 heterocycles. The summed E-state index contributed by atoms with van der Waals surface area (Å²) in [5, 5.41) is 8.51. The lowest BCUT2D eigenvalue weighted by Crippen LogP contribution is -2.23. The minimum absolute atomic E-state index is 0.0995. The van der Waals surface area contributed by atoms with Crippen molar-refractivity contribution in [3.8, 4) is 0 Å². The first-order chi connectivity index (χ1) is 5.15. The fraction of sp³-hybridized carbons (Fsp3) is 0.857. The van der Waals surface area contributed by atoms with Crippen LogP contribution >= 0.6 is 0 Å². The minimum Gasteiger partial charge on any atom is -0.464 e. The van der Waals surface area contributed by atoms with Crippen molar-refractivity contribution in [2.24, 2.45) is 5.92 Å².